The lowest BCUT2D eigenvalue weighted by molar-refractivity contribution is -0.136. The number of methoxy groups -OCH3 is 2. The molecule has 0 saturated heterocycles. The first-order valence-electron chi connectivity index (χ1n) is 12.0. The number of rotatable bonds is 6. The number of aromatic nitrogens is 1. The van der Waals surface area contributed by atoms with Gasteiger partial charge in [-0.1, -0.05) is 35.1 Å². The number of aromatic carboxylic acids is 1. The molecule has 0 unspecified atom stereocenters. The summed E-state index contributed by atoms with van der Waals surface area (Å²) >= 11 is 7.15. The third kappa shape index (κ3) is 4.76. The Morgan fingerprint density at radius 1 is 1.12 bits per heavy atom. The quantitative estimate of drug-likeness (QED) is 0.338. The summed E-state index contributed by atoms with van der Waals surface area (Å²) in [4.78, 5) is 43.1. The minimum atomic E-state index is -1.15. The standard InChI is InChI=1S/C29H23ClN2O7S/c1-14-5-6-17(12-22(14)37-3)25-24(28(36)38-4)15(2)31-29-32(25)26(33)23(40-29)13-18-8-10-21(39-18)16-7-9-20(30)19(11-16)27(34)35/h5-13,25H,1-4H3,(H,34,35)/b23-13+/t25-/m1/s1. The molecule has 3 heterocycles. The highest BCUT2D eigenvalue weighted by molar-refractivity contribution is 7.07. The van der Waals surface area contributed by atoms with E-state index in [0.717, 1.165) is 16.9 Å². The number of esters is 1. The van der Waals surface area contributed by atoms with Gasteiger partial charge in [0.1, 0.15) is 17.3 Å². The highest BCUT2D eigenvalue weighted by Crippen LogP contribution is 2.33. The lowest BCUT2D eigenvalue weighted by atomic mass is 9.95. The van der Waals surface area contributed by atoms with Crippen LogP contribution in [0, 0.1) is 6.92 Å². The Morgan fingerprint density at radius 3 is 2.60 bits per heavy atom. The van der Waals surface area contributed by atoms with Gasteiger partial charge in [-0.15, -0.1) is 0 Å². The molecular weight excluding hydrogens is 556 g/mol. The van der Waals surface area contributed by atoms with E-state index in [-0.39, 0.29) is 21.7 Å². The summed E-state index contributed by atoms with van der Waals surface area (Å²) in [5.41, 5.74) is 2.39. The molecule has 1 atom stereocenters. The fourth-order valence-electron chi connectivity index (χ4n) is 4.57. The van der Waals surface area contributed by atoms with E-state index in [1.165, 1.54) is 23.8 Å². The van der Waals surface area contributed by atoms with Crippen molar-refractivity contribution in [2.24, 2.45) is 4.99 Å². The third-order valence-electron chi connectivity index (χ3n) is 6.56. The second kappa shape index (κ2) is 10.6. The second-order valence-corrected chi connectivity index (χ2v) is 10.4. The smallest absolute Gasteiger partial charge is 0.338 e. The molecule has 0 bridgehead atoms. The van der Waals surface area contributed by atoms with E-state index in [9.17, 15) is 19.5 Å². The highest BCUT2D eigenvalue weighted by Gasteiger charge is 2.33. The van der Waals surface area contributed by atoms with Crippen molar-refractivity contribution in [2.75, 3.05) is 14.2 Å². The Bertz CT molecular complexity index is 1900. The summed E-state index contributed by atoms with van der Waals surface area (Å²) in [5.74, 6) is -0.326. The monoisotopic (exact) mass is 578 g/mol. The minimum absolute atomic E-state index is 0.0463. The number of benzene rings is 2. The van der Waals surface area contributed by atoms with Crippen molar-refractivity contribution in [1.82, 2.24) is 4.57 Å². The van der Waals surface area contributed by atoms with Gasteiger partial charge in [0, 0.05) is 11.6 Å². The summed E-state index contributed by atoms with van der Waals surface area (Å²) in [6, 6.07) is 12.6. The Labute approximate surface area is 236 Å². The molecular formula is C29H23ClN2O7S. The number of carbonyl (C=O) groups is 2. The summed E-state index contributed by atoms with van der Waals surface area (Å²) in [6.45, 7) is 3.61. The fourth-order valence-corrected chi connectivity index (χ4v) is 5.80. The van der Waals surface area contributed by atoms with E-state index in [1.54, 1.807) is 44.4 Å². The van der Waals surface area contributed by atoms with Gasteiger partial charge in [0.05, 0.1) is 46.7 Å². The van der Waals surface area contributed by atoms with Gasteiger partial charge in [-0.05, 0) is 61.4 Å². The van der Waals surface area contributed by atoms with Crippen molar-refractivity contribution in [3.8, 4) is 17.1 Å². The first-order valence-corrected chi connectivity index (χ1v) is 13.2. The predicted octanol–water partition coefficient (Wildman–Crippen LogP) is 4.34. The van der Waals surface area contributed by atoms with Crippen LogP contribution in [-0.2, 0) is 9.53 Å². The summed E-state index contributed by atoms with van der Waals surface area (Å²) in [7, 11) is 2.85. The molecule has 11 heteroatoms. The topological polar surface area (TPSA) is 120 Å². The average Bonchev–Trinajstić information content (AvgIpc) is 3.52. The summed E-state index contributed by atoms with van der Waals surface area (Å²) in [6.07, 6.45) is 1.59. The number of nitrogens with zero attached hydrogens (tertiary/aromatic N) is 2. The Hall–Kier alpha value is -4.41. The van der Waals surface area contributed by atoms with E-state index >= 15 is 0 Å². The van der Waals surface area contributed by atoms with Gasteiger partial charge in [0.2, 0.25) is 0 Å². The molecule has 4 aromatic rings. The zero-order valence-corrected chi connectivity index (χ0v) is 23.4. The van der Waals surface area contributed by atoms with Crippen LogP contribution in [-0.4, -0.2) is 35.8 Å². The zero-order chi connectivity index (χ0) is 28.7. The molecule has 0 fully saturated rings. The largest absolute Gasteiger partial charge is 0.496 e. The maximum Gasteiger partial charge on any atom is 0.338 e. The minimum Gasteiger partial charge on any atom is -0.496 e. The zero-order valence-electron chi connectivity index (χ0n) is 21.9. The number of thiazole rings is 1. The van der Waals surface area contributed by atoms with E-state index in [2.05, 4.69) is 4.99 Å². The molecule has 40 heavy (non-hydrogen) atoms. The van der Waals surface area contributed by atoms with Crippen LogP contribution >= 0.6 is 22.9 Å². The molecule has 0 aliphatic carbocycles. The molecule has 204 valence electrons. The number of allylic oxidation sites excluding steroid dienone is 1. The Morgan fingerprint density at radius 2 is 1.90 bits per heavy atom. The van der Waals surface area contributed by atoms with Crippen molar-refractivity contribution in [1.29, 1.82) is 0 Å². The molecule has 9 nitrogen and oxygen atoms in total. The van der Waals surface area contributed by atoms with Gasteiger partial charge in [0.15, 0.2) is 4.80 Å². The van der Waals surface area contributed by atoms with Crippen LogP contribution in [0.4, 0.5) is 0 Å². The number of carboxylic acid groups (broad SMARTS) is 1. The number of carboxylic acids is 1. The molecule has 0 radical (unpaired) electrons. The molecule has 0 saturated carbocycles. The molecule has 1 N–H and O–H groups in total. The number of aryl methyl sites for hydroxylation is 1. The fraction of sp³-hybridized carbons (Fsp3) is 0.172. The SMILES string of the molecule is COC(=O)C1=C(C)N=c2s/c(=C/c3ccc(-c4ccc(Cl)c(C(=O)O)c4)o3)c(=O)n2[C@@H]1c1ccc(C)c(OC)c1. The number of furan rings is 1. The number of ether oxygens (including phenoxy) is 2. The Kier molecular flexibility index (Phi) is 7.22. The van der Waals surface area contributed by atoms with Crippen LogP contribution in [0.25, 0.3) is 17.4 Å². The predicted molar refractivity (Wildman–Crippen MR) is 150 cm³/mol. The van der Waals surface area contributed by atoms with Crippen LogP contribution in [0.3, 0.4) is 0 Å². The van der Waals surface area contributed by atoms with Crippen LogP contribution in [0.15, 0.2) is 74.0 Å². The summed E-state index contributed by atoms with van der Waals surface area (Å²) < 4.78 is 18.3. The Balaban J connectivity index is 1.63. The van der Waals surface area contributed by atoms with Crippen molar-refractivity contribution < 1.29 is 28.6 Å². The highest BCUT2D eigenvalue weighted by atomic mass is 35.5. The molecule has 2 aromatic heterocycles. The molecule has 0 spiro atoms. The average molecular weight is 579 g/mol. The van der Waals surface area contributed by atoms with Crippen molar-refractivity contribution in [3.05, 3.63) is 107 Å². The van der Waals surface area contributed by atoms with Gasteiger partial charge in [-0.25, -0.2) is 14.6 Å². The number of hydrogen-bond acceptors (Lipinski definition) is 8. The molecule has 1 aliphatic heterocycles. The van der Waals surface area contributed by atoms with E-state index < -0.39 is 18.0 Å². The lowest BCUT2D eigenvalue weighted by Crippen LogP contribution is -2.39. The van der Waals surface area contributed by atoms with E-state index in [0.29, 0.717) is 43.4 Å². The number of carbonyl (C=O) groups excluding carboxylic acids is 1. The molecule has 5 rings (SSSR count). The normalized spacial score (nSPS) is 15.0. The number of fused-ring (bicyclic) bond motifs is 1. The van der Waals surface area contributed by atoms with Gasteiger partial charge in [-0.3, -0.25) is 9.36 Å². The third-order valence-corrected chi connectivity index (χ3v) is 7.87. The lowest BCUT2D eigenvalue weighted by Gasteiger charge is -2.25. The van der Waals surface area contributed by atoms with Gasteiger partial charge < -0.3 is 19.0 Å². The maximum absolute atomic E-state index is 13.8. The van der Waals surface area contributed by atoms with Gasteiger partial charge in [-0.2, -0.15) is 0 Å². The number of hydrogen-bond donors (Lipinski definition) is 1. The van der Waals surface area contributed by atoms with Crippen molar-refractivity contribution in [2.45, 2.75) is 19.9 Å². The second-order valence-electron chi connectivity index (χ2n) is 9.00. The van der Waals surface area contributed by atoms with Crippen LogP contribution in [0.5, 0.6) is 5.75 Å². The molecule has 2 aromatic carbocycles. The molecule has 0 amide bonds. The van der Waals surface area contributed by atoms with Crippen molar-refractivity contribution >= 4 is 41.0 Å². The van der Waals surface area contributed by atoms with Gasteiger partial charge in [0.25, 0.3) is 5.56 Å². The number of halogens is 1. The van der Waals surface area contributed by atoms with Crippen LogP contribution in [0.2, 0.25) is 5.02 Å². The van der Waals surface area contributed by atoms with E-state index in [1.807, 2.05) is 19.1 Å². The summed E-state index contributed by atoms with van der Waals surface area (Å²) in [5, 5.41) is 9.49. The maximum atomic E-state index is 13.8. The first-order chi connectivity index (χ1) is 19.1. The van der Waals surface area contributed by atoms with Gasteiger partial charge >= 0.3 is 11.9 Å². The van der Waals surface area contributed by atoms with Crippen molar-refractivity contribution in [3.63, 3.8) is 0 Å². The molecule has 1 aliphatic rings. The van der Waals surface area contributed by atoms with Crippen LogP contribution in [0.1, 0.15) is 40.2 Å². The van der Waals surface area contributed by atoms with E-state index in [4.69, 9.17) is 25.5 Å². The van der Waals surface area contributed by atoms with Crippen LogP contribution < -0.4 is 19.6 Å². The first kappa shape index (κ1) is 27.2.